The van der Waals surface area contributed by atoms with Crippen LogP contribution in [0, 0.1) is 0 Å². The molecule has 0 unspecified atom stereocenters. The molecule has 0 bridgehead atoms. The summed E-state index contributed by atoms with van der Waals surface area (Å²) in [6.07, 6.45) is 1.12. The van der Waals surface area contributed by atoms with Gasteiger partial charge in [-0.15, -0.1) is 10.2 Å². The molecule has 0 spiro atoms. The zero-order chi connectivity index (χ0) is 11.3. The Hall–Kier alpha value is -0.270. The van der Waals surface area contributed by atoms with Crippen LogP contribution in [0.3, 0.4) is 0 Å². The summed E-state index contributed by atoms with van der Waals surface area (Å²) in [5, 5.41) is 7.77. The molecule has 0 saturated heterocycles. The molecule has 2 N–H and O–H groups in total. The van der Waals surface area contributed by atoms with E-state index < -0.39 is 0 Å². The molecular formula is C8H13N3OS3. The number of aromatic nitrogens is 2. The standard InChI is InChI=1S/C8H13N3OS3/c1-3-4-13-7-10-11-8(15-7)14-5(2)6(9)12/h5H,3-4H2,1-2H3,(H2,9,12)/t5-/m0/s1. The van der Waals surface area contributed by atoms with Gasteiger partial charge in [0, 0.05) is 5.75 Å². The van der Waals surface area contributed by atoms with E-state index in [0.717, 1.165) is 20.9 Å². The molecule has 15 heavy (non-hydrogen) atoms. The maximum Gasteiger partial charge on any atom is 0.230 e. The fraction of sp³-hybridized carbons (Fsp3) is 0.625. The molecule has 7 heteroatoms. The van der Waals surface area contributed by atoms with Crippen molar-refractivity contribution in [1.82, 2.24) is 10.2 Å². The van der Waals surface area contributed by atoms with Gasteiger partial charge in [0.1, 0.15) is 0 Å². The maximum absolute atomic E-state index is 10.8. The highest BCUT2D eigenvalue weighted by atomic mass is 32.2. The summed E-state index contributed by atoms with van der Waals surface area (Å²) in [5.74, 6) is 0.725. The van der Waals surface area contributed by atoms with Gasteiger partial charge in [-0.2, -0.15) is 0 Å². The summed E-state index contributed by atoms with van der Waals surface area (Å²) in [5.41, 5.74) is 5.16. The minimum absolute atomic E-state index is 0.248. The minimum Gasteiger partial charge on any atom is -0.369 e. The molecule has 0 aliphatic rings. The third-order valence-electron chi connectivity index (χ3n) is 1.50. The first kappa shape index (κ1) is 12.8. The van der Waals surface area contributed by atoms with Gasteiger partial charge in [-0.3, -0.25) is 4.79 Å². The minimum atomic E-state index is -0.321. The highest BCUT2D eigenvalue weighted by Crippen LogP contribution is 2.31. The van der Waals surface area contributed by atoms with E-state index in [9.17, 15) is 4.79 Å². The normalized spacial score (nSPS) is 12.7. The second kappa shape index (κ2) is 6.34. The van der Waals surface area contributed by atoms with Crippen LogP contribution in [-0.2, 0) is 4.79 Å². The van der Waals surface area contributed by atoms with Gasteiger partial charge in [-0.1, -0.05) is 41.8 Å². The third-order valence-corrected chi connectivity index (χ3v) is 4.96. The first-order valence-electron chi connectivity index (χ1n) is 4.55. The van der Waals surface area contributed by atoms with Crippen LogP contribution in [0.5, 0.6) is 0 Å². The summed E-state index contributed by atoms with van der Waals surface area (Å²) in [6, 6.07) is 0. The molecule has 1 heterocycles. The van der Waals surface area contributed by atoms with Gasteiger partial charge in [-0.25, -0.2) is 0 Å². The lowest BCUT2D eigenvalue weighted by molar-refractivity contribution is -0.117. The van der Waals surface area contributed by atoms with E-state index in [1.165, 1.54) is 23.1 Å². The van der Waals surface area contributed by atoms with Crippen molar-refractivity contribution in [3.05, 3.63) is 0 Å². The SMILES string of the molecule is CCCSc1nnc(S[C@@H](C)C(N)=O)s1. The fourth-order valence-corrected chi connectivity index (χ4v) is 3.74. The molecule has 1 aromatic rings. The summed E-state index contributed by atoms with van der Waals surface area (Å²) in [7, 11) is 0. The fourth-order valence-electron chi connectivity index (χ4n) is 0.702. The Bertz CT molecular complexity index is 329. The molecule has 1 atom stereocenters. The first-order valence-corrected chi connectivity index (χ1v) is 7.24. The highest BCUT2D eigenvalue weighted by Gasteiger charge is 2.13. The molecular weight excluding hydrogens is 250 g/mol. The van der Waals surface area contributed by atoms with E-state index in [-0.39, 0.29) is 11.2 Å². The largest absolute Gasteiger partial charge is 0.369 e. The van der Waals surface area contributed by atoms with E-state index in [4.69, 9.17) is 5.73 Å². The van der Waals surface area contributed by atoms with Crippen LogP contribution in [0.15, 0.2) is 8.68 Å². The Kier molecular flexibility index (Phi) is 5.41. The van der Waals surface area contributed by atoms with Gasteiger partial charge in [0.2, 0.25) is 5.91 Å². The molecule has 1 rings (SSSR count). The first-order chi connectivity index (χ1) is 7.13. The van der Waals surface area contributed by atoms with Crippen molar-refractivity contribution in [1.29, 1.82) is 0 Å². The van der Waals surface area contributed by atoms with Gasteiger partial charge in [0.25, 0.3) is 0 Å². The van der Waals surface area contributed by atoms with E-state index in [1.807, 2.05) is 0 Å². The molecule has 4 nitrogen and oxygen atoms in total. The Morgan fingerprint density at radius 3 is 2.80 bits per heavy atom. The molecule has 0 aromatic carbocycles. The summed E-state index contributed by atoms with van der Waals surface area (Å²) >= 11 is 4.57. The molecule has 0 radical (unpaired) electrons. The van der Waals surface area contributed by atoms with Crippen molar-refractivity contribution in [2.75, 3.05) is 5.75 Å². The van der Waals surface area contributed by atoms with Gasteiger partial charge in [-0.05, 0) is 13.3 Å². The number of carbonyl (C=O) groups is 1. The van der Waals surface area contributed by atoms with Crippen LogP contribution in [0.4, 0.5) is 0 Å². The second-order valence-corrected chi connectivity index (χ2v) is 6.75. The number of hydrogen-bond acceptors (Lipinski definition) is 6. The van der Waals surface area contributed by atoms with Gasteiger partial charge >= 0.3 is 0 Å². The quantitative estimate of drug-likeness (QED) is 0.795. The van der Waals surface area contributed by atoms with E-state index in [2.05, 4.69) is 17.1 Å². The van der Waals surface area contributed by atoms with Crippen LogP contribution >= 0.6 is 34.9 Å². The summed E-state index contributed by atoms with van der Waals surface area (Å²) in [4.78, 5) is 10.8. The summed E-state index contributed by atoms with van der Waals surface area (Å²) in [6.45, 7) is 3.89. The topological polar surface area (TPSA) is 68.9 Å². The Balaban J connectivity index is 2.49. The van der Waals surface area contributed by atoms with Crippen molar-refractivity contribution in [2.24, 2.45) is 5.73 Å². The number of amides is 1. The van der Waals surface area contributed by atoms with Crippen LogP contribution in [-0.4, -0.2) is 27.1 Å². The molecule has 0 aliphatic heterocycles. The molecule has 0 aliphatic carbocycles. The molecule has 0 saturated carbocycles. The lowest BCUT2D eigenvalue weighted by Gasteiger charge is -2.01. The van der Waals surface area contributed by atoms with Crippen molar-refractivity contribution in [3.63, 3.8) is 0 Å². The predicted molar refractivity (Wildman–Crippen MR) is 65.4 cm³/mol. The zero-order valence-electron chi connectivity index (χ0n) is 8.60. The van der Waals surface area contributed by atoms with Crippen molar-refractivity contribution in [2.45, 2.75) is 34.2 Å². The van der Waals surface area contributed by atoms with Crippen LogP contribution < -0.4 is 5.73 Å². The smallest absolute Gasteiger partial charge is 0.230 e. The number of hydrogen-bond donors (Lipinski definition) is 1. The lowest BCUT2D eigenvalue weighted by atomic mass is 10.5. The number of rotatable bonds is 6. The maximum atomic E-state index is 10.8. The monoisotopic (exact) mass is 263 g/mol. The summed E-state index contributed by atoms with van der Waals surface area (Å²) < 4.78 is 1.76. The number of nitrogens with two attached hydrogens (primary N) is 1. The van der Waals surface area contributed by atoms with E-state index in [0.29, 0.717) is 0 Å². The molecule has 0 fully saturated rings. The Morgan fingerprint density at radius 1 is 1.53 bits per heavy atom. The predicted octanol–water partition coefficient (Wildman–Crippen LogP) is 2.01. The van der Waals surface area contributed by atoms with E-state index >= 15 is 0 Å². The average molecular weight is 263 g/mol. The molecule has 1 aromatic heterocycles. The van der Waals surface area contributed by atoms with Crippen LogP contribution in [0.25, 0.3) is 0 Å². The molecule has 84 valence electrons. The second-order valence-electron chi connectivity index (χ2n) is 2.84. The number of primary amides is 1. The number of thioether (sulfide) groups is 2. The third kappa shape index (κ3) is 4.40. The lowest BCUT2D eigenvalue weighted by Crippen LogP contribution is -2.22. The van der Waals surface area contributed by atoms with Crippen LogP contribution in [0.2, 0.25) is 0 Å². The Labute approximate surface area is 101 Å². The van der Waals surface area contributed by atoms with Crippen molar-refractivity contribution < 1.29 is 4.79 Å². The van der Waals surface area contributed by atoms with Crippen molar-refractivity contribution >= 4 is 40.8 Å². The Morgan fingerprint density at radius 2 is 2.20 bits per heavy atom. The van der Waals surface area contributed by atoms with E-state index in [1.54, 1.807) is 18.7 Å². The van der Waals surface area contributed by atoms with Crippen molar-refractivity contribution in [3.8, 4) is 0 Å². The number of nitrogens with zero attached hydrogens (tertiary/aromatic N) is 2. The van der Waals surface area contributed by atoms with Gasteiger partial charge in [0.05, 0.1) is 5.25 Å². The van der Waals surface area contributed by atoms with Gasteiger partial charge in [0.15, 0.2) is 8.68 Å². The number of carbonyl (C=O) groups excluding carboxylic acids is 1. The van der Waals surface area contributed by atoms with Gasteiger partial charge < -0.3 is 5.73 Å². The average Bonchev–Trinajstić information content (AvgIpc) is 2.62. The highest BCUT2D eigenvalue weighted by molar-refractivity contribution is 8.03. The molecule has 1 amide bonds. The zero-order valence-corrected chi connectivity index (χ0v) is 11.0. The van der Waals surface area contributed by atoms with Crippen LogP contribution in [0.1, 0.15) is 20.3 Å².